The van der Waals surface area contributed by atoms with Gasteiger partial charge in [-0.2, -0.15) is 5.26 Å². The van der Waals surface area contributed by atoms with E-state index in [-0.39, 0.29) is 12.0 Å². The normalized spacial score (nSPS) is 14.4. The number of carbonyl (C=O) groups is 2. The topological polar surface area (TPSA) is 85.7 Å². The van der Waals surface area contributed by atoms with Crippen LogP contribution in [-0.2, 0) is 4.74 Å². The van der Waals surface area contributed by atoms with Crippen LogP contribution in [0.3, 0.4) is 0 Å². The molecule has 0 saturated carbocycles. The summed E-state index contributed by atoms with van der Waals surface area (Å²) >= 11 is 1.42. The third-order valence-corrected chi connectivity index (χ3v) is 6.25. The maximum atomic E-state index is 12.8. The minimum absolute atomic E-state index is 0.139. The number of nitrogens with one attached hydrogen (secondary N) is 1. The van der Waals surface area contributed by atoms with Crippen molar-refractivity contribution < 1.29 is 14.3 Å². The van der Waals surface area contributed by atoms with E-state index in [1.165, 1.54) is 11.8 Å². The molecule has 33 heavy (non-hydrogen) atoms. The lowest BCUT2D eigenvalue weighted by molar-refractivity contribution is 0.0147. The highest BCUT2D eigenvalue weighted by Gasteiger charge is 2.25. The quantitative estimate of drug-likeness (QED) is 0.693. The van der Waals surface area contributed by atoms with Crippen molar-refractivity contribution >= 4 is 23.8 Å². The van der Waals surface area contributed by atoms with E-state index in [2.05, 4.69) is 16.3 Å². The second-order valence-electron chi connectivity index (χ2n) is 8.77. The number of ether oxygens (including phenoxy) is 1. The van der Waals surface area contributed by atoms with Gasteiger partial charge in [0.2, 0.25) is 0 Å². The van der Waals surface area contributed by atoms with Gasteiger partial charge in [-0.15, -0.1) is 0 Å². The van der Waals surface area contributed by atoms with Crippen molar-refractivity contribution in [1.82, 2.24) is 15.1 Å². The molecule has 3 rings (SSSR count). The fraction of sp³-hybridized carbons (Fsp3) is 0.400. The molecule has 2 aromatic rings. The molecule has 8 heteroatoms. The van der Waals surface area contributed by atoms with Crippen molar-refractivity contribution in [2.24, 2.45) is 0 Å². The second-order valence-corrected chi connectivity index (χ2v) is 9.85. The van der Waals surface area contributed by atoms with Gasteiger partial charge in [-0.3, -0.25) is 9.69 Å². The summed E-state index contributed by atoms with van der Waals surface area (Å²) in [5, 5.41) is 12.3. The van der Waals surface area contributed by atoms with E-state index in [4.69, 9.17) is 4.74 Å². The average molecular weight is 467 g/mol. The Labute approximate surface area is 199 Å². The summed E-state index contributed by atoms with van der Waals surface area (Å²) in [5.41, 5.74) is 0.678. The number of piperazine rings is 1. The number of benzene rings is 2. The van der Waals surface area contributed by atoms with Gasteiger partial charge < -0.3 is 15.0 Å². The third-order valence-electron chi connectivity index (χ3n) is 5.10. The van der Waals surface area contributed by atoms with E-state index in [0.29, 0.717) is 37.3 Å². The first kappa shape index (κ1) is 24.6. The molecule has 1 heterocycles. The Morgan fingerprint density at radius 3 is 2.33 bits per heavy atom. The Morgan fingerprint density at radius 2 is 1.67 bits per heavy atom. The Balaban J connectivity index is 1.49. The highest BCUT2D eigenvalue weighted by atomic mass is 32.2. The zero-order valence-corrected chi connectivity index (χ0v) is 20.2. The van der Waals surface area contributed by atoms with Gasteiger partial charge in [-0.05, 0) is 45.0 Å². The second kappa shape index (κ2) is 11.2. The van der Waals surface area contributed by atoms with Crippen LogP contribution in [0.2, 0.25) is 0 Å². The van der Waals surface area contributed by atoms with Crippen molar-refractivity contribution in [1.29, 1.82) is 5.26 Å². The van der Waals surface area contributed by atoms with Crippen LogP contribution in [0, 0.1) is 11.3 Å². The van der Waals surface area contributed by atoms with Gasteiger partial charge in [0.25, 0.3) is 5.91 Å². The lowest BCUT2D eigenvalue weighted by Gasteiger charge is -2.35. The fourth-order valence-corrected chi connectivity index (χ4v) is 4.44. The van der Waals surface area contributed by atoms with Crippen LogP contribution in [0.4, 0.5) is 4.79 Å². The molecule has 7 nitrogen and oxygen atoms in total. The monoisotopic (exact) mass is 466 g/mol. The van der Waals surface area contributed by atoms with E-state index < -0.39 is 5.60 Å². The summed E-state index contributed by atoms with van der Waals surface area (Å²) in [7, 11) is 0. The molecule has 2 aromatic carbocycles. The van der Waals surface area contributed by atoms with Crippen LogP contribution in [0.5, 0.6) is 0 Å². The van der Waals surface area contributed by atoms with Crippen molar-refractivity contribution in [2.75, 3.05) is 39.3 Å². The minimum Gasteiger partial charge on any atom is -0.444 e. The Bertz CT molecular complexity index is 1020. The first-order valence-electron chi connectivity index (χ1n) is 11.0. The lowest BCUT2D eigenvalue weighted by Crippen LogP contribution is -2.51. The van der Waals surface area contributed by atoms with Crippen molar-refractivity contribution in [3.63, 3.8) is 0 Å². The summed E-state index contributed by atoms with van der Waals surface area (Å²) in [4.78, 5) is 30.6. The smallest absolute Gasteiger partial charge is 0.410 e. The van der Waals surface area contributed by atoms with Crippen LogP contribution in [-0.4, -0.2) is 66.7 Å². The first-order chi connectivity index (χ1) is 15.8. The van der Waals surface area contributed by atoms with Gasteiger partial charge in [0.1, 0.15) is 11.7 Å². The fourth-order valence-electron chi connectivity index (χ4n) is 3.41. The molecule has 0 spiro atoms. The van der Waals surface area contributed by atoms with Gasteiger partial charge in [0, 0.05) is 49.1 Å². The van der Waals surface area contributed by atoms with E-state index in [0.717, 1.165) is 22.9 Å². The molecule has 174 valence electrons. The number of hydrogen-bond acceptors (Lipinski definition) is 6. The summed E-state index contributed by atoms with van der Waals surface area (Å²) in [6, 6.07) is 17.0. The first-order valence-corrected chi connectivity index (χ1v) is 11.8. The van der Waals surface area contributed by atoms with Crippen LogP contribution < -0.4 is 5.32 Å². The van der Waals surface area contributed by atoms with E-state index in [1.807, 2.05) is 57.2 Å². The molecule has 1 fully saturated rings. The Morgan fingerprint density at radius 1 is 1.03 bits per heavy atom. The molecular formula is C25H30N4O3S. The van der Waals surface area contributed by atoms with E-state index in [1.54, 1.807) is 17.0 Å². The lowest BCUT2D eigenvalue weighted by atomic mass is 10.2. The zero-order chi connectivity index (χ0) is 23.8. The van der Waals surface area contributed by atoms with Gasteiger partial charge >= 0.3 is 6.09 Å². The van der Waals surface area contributed by atoms with Gasteiger partial charge in [-0.1, -0.05) is 36.0 Å². The highest BCUT2D eigenvalue weighted by Crippen LogP contribution is 2.32. The average Bonchev–Trinajstić information content (AvgIpc) is 2.79. The molecule has 1 N–H and O–H groups in total. The molecule has 2 amide bonds. The van der Waals surface area contributed by atoms with Crippen molar-refractivity contribution in [3.05, 3.63) is 59.7 Å². The molecular weight excluding hydrogens is 436 g/mol. The van der Waals surface area contributed by atoms with Crippen LogP contribution in [0.1, 0.15) is 36.7 Å². The summed E-state index contributed by atoms with van der Waals surface area (Å²) in [6.45, 7) is 9.52. The SMILES string of the molecule is CC(C)(C)OC(=O)N1CCN(CCNC(=O)c2ccccc2Sc2ccccc2C#N)CC1. The molecule has 0 atom stereocenters. The predicted octanol–water partition coefficient (Wildman–Crippen LogP) is 3.99. The molecule has 0 aliphatic carbocycles. The minimum atomic E-state index is -0.496. The van der Waals surface area contributed by atoms with Crippen LogP contribution >= 0.6 is 11.8 Å². The van der Waals surface area contributed by atoms with Crippen molar-refractivity contribution in [3.8, 4) is 6.07 Å². The number of nitrogens with zero attached hydrogens (tertiary/aromatic N) is 3. The molecule has 1 aliphatic heterocycles. The van der Waals surface area contributed by atoms with E-state index >= 15 is 0 Å². The van der Waals surface area contributed by atoms with Crippen LogP contribution in [0.15, 0.2) is 58.3 Å². The number of rotatable bonds is 6. The summed E-state index contributed by atoms with van der Waals surface area (Å²) in [6.07, 6.45) is -0.275. The maximum Gasteiger partial charge on any atom is 0.410 e. The largest absolute Gasteiger partial charge is 0.444 e. The zero-order valence-electron chi connectivity index (χ0n) is 19.3. The van der Waals surface area contributed by atoms with Crippen molar-refractivity contribution in [2.45, 2.75) is 36.2 Å². The molecule has 1 saturated heterocycles. The molecule has 0 unspecified atom stereocenters. The number of nitriles is 1. The maximum absolute atomic E-state index is 12.8. The van der Waals surface area contributed by atoms with Gasteiger partial charge in [0.05, 0.1) is 11.1 Å². The molecule has 1 aliphatic rings. The predicted molar refractivity (Wildman–Crippen MR) is 128 cm³/mol. The van der Waals surface area contributed by atoms with E-state index in [9.17, 15) is 14.9 Å². The molecule has 0 aromatic heterocycles. The van der Waals surface area contributed by atoms with Gasteiger partial charge in [0.15, 0.2) is 0 Å². The van der Waals surface area contributed by atoms with Gasteiger partial charge in [-0.25, -0.2) is 4.79 Å². The summed E-state index contributed by atoms with van der Waals surface area (Å²) in [5.74, 6) is -0.139. The molecule has 0 radical (unpaired) electrons. The Hall–Kier alpha value is -3.02. The molecule has 0 bridgehead atoms. The third kappa shape index (κ3) is 7.24. The number of carbonyl (C=O) groups excluding carboxylic acids is 2. The van der Waals surface area contributed by atoms with Crippen LogP contribution in [0.25, 0.3) is 0 Å². The summed E-state index contributed by atoms with van der Waals surface area (Å²) < 4.78 is 5.43. The highest BCUT2D eigenvalue weighted by molar-refractivity contribution is 7.99. The number of amides is 2. The standard InChI is InChI=1S/C25H30N4O3S/c1-25(2,3)32-24(31)29-16-14-28(15-17-29)13-12-27-23(30)20-9-5-7-11-22(20)33-21-10-6-4-8-19(21)18-26/h4-11H,12-17H2,1-3H3,(H,27,30). The Kier molecular flexibility index (Phi) is 8.37. The number of hydrogen-bond donors (Lipinski definition) is 1.